The van der Waals surface area contributed by atoms with E-state index in [0.29, 0.717) is 18.8 Å². The maximum Gasteiger partial charge on any atom is 0.323 e. The fourth-order valence-electron chi connectivity index (χ4n) is 2.31. The van der Waals surface area contributed by atoms with Crippen molar-refractivity contribution in [3.8, 4) is 0 Å². The summed E-state index contributed by atoms with van der Waals surface area (Å²) in [4.78, 5) is 25.3. The molecule has 1 fully saturated rings. The van der Waals surface area contributed by atoms with E-state index >= 15 is 0 Å². The molecular formula is C13H23NO3. The second-order valence-corrected chi connectivity index (χ2v) is 4.56. The molecule has 1 aliphatic rings. The first kappa shape index (κ1) is 14.2. The molecule has 17 heavy (non-hydrogen) atoms. The average Bonchev–Trinajstić information content (AvgIpc) is 2.37. The van der Waals surface area contributed by atoms with Gasteiger partial charge in [0.1, 0.15) is 11.8 Å². The monoisotopic (exact) mass is 241 g/mol. The molecule has 4 heteroatoms. The molecule has 0 radical (unpaired) electrons. The lowest BCUT2D eigenvalue weighted by molar-refractivity contribution is -0.149. The van der Waals surface area contributed by atoms with E-state index in [0.717, 1.165) is 25.9 Å². The van der Waals surface area contributed by atoms with Crippen LogP contribution in [0, 0.1) is 5.92 Å². The normalized spacial score (nSPS) is 19.9. The molecule has 1 atom stereocenters. The lowest BCUT2D eigenvalue weighted by Crippen LogP contribution is -2.45. The number of ether oxygens (including phenoxy) is 1. The highest BCUT2D eigenvalue weighted by atomic mass is 16.5. The number of carbonyl (C=O) groups excluding carboxylic acids is 2. The van der Waals surface area contributed by atoms with Crippen molar-refractivity contribution in [3.05, 3.63) is 0 Å². The lowest BCUT2D eigenvalue weighted by atomic mass is 9.91. The molecule has 0 bridgehead atoms. The Labute approximate surface area is 103 Å². The maximum atomic E-state index is 11.6. The van der Waals surface area contributed by atoms with Crippen LogP contribution in [0.1, 0.15) is 40.0 Å². The van der Waals surface area contributed by atoms with E-state index in [1.54, 1.807) is 0 Å². The van der Waals surface area contributed by atoms with Crippen molar-refractivity contribution >= 4 is 11.8 Å². The van der Waals surface area contributed by atoms with Gasteiger partial charge in [-0.15, -0.1) is 0 Å². The highest BCUT2D eigenvalue weighted by Gasteiger charge is 2.29. The van der Waals surface area contributed by atoms with Gasteiger partial charge >= 0.3 is 5.97 Å². The SMILES string of the molecule is CCOC(=O)C(C)N1CCC(C(=O)CC)CC1. The standard InChI is InChI=1S/C13H23NO3/c1-4-12(15)11-6-8-14(9-7-11)10(3)13(16)17-5-2/h10-11H,4-9H2,1-3H3. The first-order valence-corrected chi connectivity index (χ1v) is 6.53. The number of ketones is 1. The van der Waals surface area contributed by atoms with E-state index in [1.807, 2.05) is 20.8 Å². The van der Waals surface area contributed by atoms with E-state index < -0.39 is 0 Å². The second-order valence-electron chi connectivity index (χ2n) is 4.56. The van der Waals surface area contributed by atoms with Crippen LogP contribution in [0.15, 0.2) is 0 Å². The summed E-state index contributed by atoms with van der Waals surface area (Å²) in [6.45, 7) is 7.66. The summed E-state index contributed by atoms with van der Waals surface area (Å²) in [6.07, 6.45) is 2.37. The van der Waals surface area contributed by atoms with Crippen molar-refractivity contribution in [1.82, 2.24) is 4.90 Å². The van der Waals surface area contributed by atoms with Crippen LogP contribution in [0.5, 0.6) is 0 Å². The van der Waals surface area contributed by atoms with Gasteiger partial charge in [-0.1, -0.05) is 6.92 Å². The zero-order chi connectivity index (χ0) is 12.8. The van der Waals surface area contributed by atoms with E-state index in [2.05, 4.69) is 4.90 Å². The molecule has 1 rings (SSSR count). The van der Waals surface area contributed by atoms with E-state index in [-0.39, 0.29) is 17.9 Å². The Hall–Kier alpha value is -0.900. The fourth-order valence-corrected chi connectivity index (χ4v) is 2.31. The molecule has 98 valence electrons. The Morgan fingerprint density at radius 3 is 2.35 bits per heavy atom. The van der Waals surface area contributed by atoms with Gasteiger partial charge in [0.15, 0.2) is 0 Å². The predicted octanol–water partition coefficient (Wildman–Crippen LogP) is 1.63. The topological polar surface area (TPSA) is 46.6 Å². The Kier molecular flexibility index (Phi) is 5.62. The molecule has 1 unspecified atom stereocenters. The Bertz CT molecular complexity index is 270. The van der Waals surface area contributed by atoms with Gasteiger partial charge in [0.05, 0.1) is 6.61 Å². The molecule has 0 aliphatic carbocycles. The van der Waals surface area contributed by atoms with Crippen molar-refractivity contribution in [2.75, 3.05) is 19.7 Å². The largest absolute Gasteiger partial charge is 0.465 e. The van der Waals surface area contributed by atoms with Gasteiger partial charge in [0, 0.05) is 12.3 Å². The number of carbonyl (C=O) groups is 2. The third-order valence-electron chi connectivity index (χ3n) is 3.51. The Morgan fingerprint density at radius 2 is 1.88 bits per heavy atom. The molecule has 4 nitrogen and oxygen atoms in total. The van der Waals surface area contributed by atoms with Crippen molar-refractivity contribution in [3.63, 3.8) is 0 Å². The van der Waals surface area contributed by atoms with Gasteiger partial charge in [-0.3, -0.25) is 14.5 Å². The van der Waals surface area contributed by atoms with Gasteiger partial charge in [-0.25, -0.2) is 0 Å². The molecule has 1 aliphatic heterocycles. The van der Waals surface area contributed by atoms with Crippen LogP contribution in [0.2, 0.25) is 0 Å². The molecule has 0 aromatic rings. The first-order chi connectivity index (χ1) is 8.10. The minimum Gasteiger partial charge on any atom is -0.465 e. The maximum absolute atomic E-state index is 11.6. The molecule has 0 saturated carbocycles. The number of hydrogen-bond donors (Lipinski definition) is 0. The third-order valence-corrected chi connectivity index (χ3v) is 3.51. The summed E-state index contributed by atoms with van der Waals surface area (Å²) in [7, 11) is 0. The minimum atomic E-state index is -0.187. The van der Waals surface area contributed by atoms with Crippen molar-refractivity contribution < 1.29 is 14.3 Å². The highest BCUT2D eigenvalue weighted by Crippen LogP contribution is 2.21. The van der Waals surface area contributed by atoms with Crippen LogP contribution in [0.25, 0.3) is 0 Å². The van der Waals surface area contributed by atoms with E-state index in [1.165, 1.54) is 0 Å². The number of hydrogen-bond acceptors (Lipinski definition) is 4. The Morgan fingerprint density at radius 1 is 1.29 bits per heavy atom. The number of nitrogens with zero attached hydrogens (tertiary/aromatic N) is 1. The fraction of sp³-hybridized carbons (Fsp3) is 0.846. The average molecular weight is 241 g/mol. The molecule has 0 aromatic carbocycles. The molecule has 1 heterocycles. The zero-order valence-corrected chi connectivity index (χ0v) is 11.1. The summed E-state index contributed by atoms with van der Waals surface area (Å²) < 4.78 is 5.00. The molecule has 1 saturated heterocycles. The zero-order valence-electron chi connectivity index (χ0n) is 11.1. The predicted molar refractivity (Wildman–Crippen MR) is 65.7 cm³/mol. The van der Waals surface area contributed by atoms with Crippen LogP contribution in [-0.2, 0) is 14.3 Å². The molecule has 0 N–H and O–H groups in total. The number of likely N-dealkylation sites (tertiary alicyclic amines) is 1. The number of piperidine rings is 1. The Balaban J connectivity index is 2.41. The minimum absolute atomic E-state index is 0.159. The highest BCUT2D eigenvalue weighted by molar-refractivity contribution is 5.80. The molecule has 0 spiro atoms. The summed E-state index contributed by atoms with van der Waals surface area (Å²) >= 11 is 0. The summed E-state index contributed by atoms with van der Waals surface area (Å²) in [5.41, 5.74) is 0. The number of esters is 1. The van der Waals surface area contributed by atoms with Crippen LogP contribution < -0.4 is 0 Å². The van der Waals surface area contributed by atoms with Gasteiger partial charge < -0.3 is 4.74 Å². The van der Waals surface area contributed by atoms with Gasteiger partial charge in [0.2, 0.25) is 0 Å². The van der Waals surface area contributed by atoms with Gasteiger partial charge in [-0.05, 0) is 39.8 Å². The number of rotatable bonds is 5. The summed E-state index contributed by atoms with van der Waals surface area (Å²) in [6, 6.07) is -0.187. The van der Waals surface area contributed by atoms with Crippen molar-refractivity contribution in [2.45, 2.75) is 46.1 Å². The first-order valence-electron chi connectivity index (χ1n) is 6.53. The summed E-state index contributed by atoms with van der Waals surface area (Å²) in [5.74, 6) is 0.395. The van der Waals surface area contributed by atoms with Crippen LogP contribution in [0.3, 0.4) is 0 Å². The molecule has 0 amide bonds. The third kappa shape index (κ3) is 3.80. The second kappa shape index (κ2) is 6.74. The molecular weight excluding hydrogens is 218 g/mol. The lowest BCUT2D eigenvalue weighted by Gasteiger charge is -2.34. The van der Waals surface area contributed by atoms with Gasteiger partial charge in [-0.2, -0.15) is 0 Å². The summed E-state index contributed by atoms with van der Waals surface area (Å²) in [5, 5.41) is 0. The van der Waals surface area contributed by atoms with Crippen molar-refractivity contribution in [1.29, 1.82) is 0 Å². The number of Topliss-reactive ketones (excluding diaryl/α,β-unsaturated/α-hetero) is 1. The van der Waals surface area contributed by atoms with Crippen molar-refractivity contribution in [2.24, 2.45) is 5.92 Å². The molecule has 0 aromatic heterocycles. The quantitative estimate of drug-likeness (QED) is 0.686. The van der Waals surface area contributed by atoms with Crippen LogP contribution in [-0.4, -0.2) is 42.4 Å². The van der Waals surface area contributed by atoms with E-state index in [4.69, 9.17) is 4.74 Å². The van der Waals surface area contributed by atoms with E-state index in [9.17, 15) is 9.59 Å². The van der Waals surface area contributed by atoms with Gasteiger partial charge in [0.25, 0.3) is 0 Å². The smallest absolute Gasteiger partial charge is 0.323 e. The van der Waals surface area contributed by atoms with Crippen LogP contribution in [0.4, 0.5) is 0 Å². The van der Waals surface area contributed by atoms with Crippen LogP contribution >= 0.6 is 0 Å².